The van der Waals surface area contributed by atoms with Crippen molar-refractivity contribution in [3.8, 4) is 0 Å². The third-order valence-electron chi connectivity index (χ3n) is 5.51. The van der Waals surface area contributed by atoms with Crippen LogP contribution < -0.4 is 0 Å². The van der Waals surface area contributed by atoms with Gasteiger partial charge in [-0.05, 0) is 43.9 Å². The zero-order chi connectivity index (χ0) is 14.4. The van der Waals surface area contributed by atoms with Crippen molar-refractivity contribution in [3.05, 3.63) is 0 Å². The predicted octanol–water partition coefficient (Wildman–Crippen LogP) is 5.10. The molecule has 1 heterocycles. The van der Waals surface area contributed by atoms with E-state index in [1.807, 2.05) is 0 Å². The molecule has 0 aromatic carbocycles. The van der Waals surface area contributed by atoms with Crippen LogP contribution in [-0.2, 0) is 9.53 Å². The molecular weight excluding hydrogens is 248 g/mol. The van der Waals surface area contributed by atoms with E-state index in [-0.39, 0.29) is 18.0 Å². The van der Waals surface area contributed by atoms with E-state index in [4.69, 9.17) is 4.74 Å². The Morgan fingerprint density at radius 2 is 1.55 bits per heavy atom. The molecule has 2 atom stereocenters. The Morgan fingerprint density at radius 1 is 0.900 bits per heavy atom. The zero-order valence-electron chi connectivity index (χ0n) is 13.4. The van der Waals surface area contributed by atoms with Gasteiger partial charge in [0, 0.05) is 0 Å². The average Bonchev–Trinajstić information content (AvgIpc) is 2.47. The molecule has 1 saturated heterocycles. The van der Waals surface area contributed by atoms with E-state index < -0.39 is 0 Å². The minimum atomic E-state index is 0.0652. The maximum absolute atomic E-state index is 11.8. The Bertz CT molecular complexity index is 292. The van der Waals surface area contributed by atoms with E-state index in [0.717, 1.165) is 37.5 Å². The molecule has 0 bridgehead atoms. The Hall–Kier alpha value is -0.530. The minimum Gasteiger partial charge on any atom is -0.462 e. The molecule has 1 aliphatic carbocycles. The second-order valence-electron chi connectivity index (χ2n) is 6.99. The number of rotatable bonds is 6. The second-order valence-corrected chi connectivity index (χ2v) is 6.99. The lowest BCUT2D eigenvalue weighted by atomic mass is 9.78. The van der Waals surface area contributed by atoms with Gasteiger partial charge in [-0.15, -0.1) is 0 Å². The van der Waals surface area contributed by atoms with Crippen LogP contribution in [0.2, 0.25) is 0 Å². The maximum Gasteiger partial charge on any atom is 0.309 e. The van der Waals surface area contributed by atoms with Crippen molar-refractivity contribution in [2.75, 3.05) is 0 Å². The van der Waals surface area contributed by atoms with Crippen LogP contribution in [0.4, 0.5) is 0 Å². The highest BCUT2D eigenvalue weighted by molar-refractivity contribution is 5.73. The van der Waals surface area contributed by atoms with Crippen LogP contribution in [0.15, 0.2) is 0 Å². The van der Waals surface area contributed by atoms with Crippen molar-refractivity contribution < 1.29 is 9.53 Å². The van der Waals surface area contributed by atoms with Gasteiger partial charge in [0.25, 0.3) is 0 Å². The van der Waals surface area contributed by atoms with Crippen LogP contribution in [0, 0.1) is 17.8 Å². The summed E-state index contributed by atoms with van der Waals surface area (Å²) < 4.78 is 5.60. The number of hydrogen-bond acceptors (Lipinski definition) is 2. The molecule has 2 unspecified atom stereocenters. The molecule has 116 valence electrons. The van der Waals surface area contributed by atoms with Gasteiger partial charge in [0.2, 0.25) is 0 Å². The Kier molecular flexibility index (Phi) is 6.38. The zero-order valence-corrected chi connectivity index (χ0v) is 13.4. The summed E-state index contributed by atoms with van der Waals surface area (Å²) in [6, 6.07) is 0. The summed E-state index contributed by atoms with van der Waals surface area (Å²) in [6.07, 6.45) is 14.1. The van der Waals surface area contributed by atoms with Gasteiger partial charge in [0.05, 0.1) is 5.92 Å². The van der Waals surface area contributed by atoms with E-state index in [2.05, 4.69) is 13.8 Å². The summed E-state index contributed by atoms with van der Waals surface area (Å²) in [5, 5.41) is 0. The lowest BCUT2D eigenvalue weighted by molar-refractivity contribution is -0.161. The minimum absolute atomic E-state index is 0.0652. The smallest absolute Gasteiger partial charge is 0.309 e. The van der Waals surface area contributed by atoms with E-state index in [0.29, 0.717) is 0 Å². The van der Waals surface area contributed by atoms with Crippen LogP contribution in [0.1, 0.15) is 84.5 Å². The predicted molar refractivity (Wildman–Crippen MR) is 82.5 cm³/mol. The molecule has 0 aromatic rings. The first-order valence-corrected chi connectivity index (χ1v) is 8.93. The third kappa shape index (κ3) is 4.49. The summed E-state index contributed by atoms with van der Waals surface area (Å²) in [5.41, 5.74) is 0. The number of cyclic esters (lactones) is 1. The van der Waals surface area contributed by atoms with Crippen molar-refractivity contribution in [1.29, 1.82) is 0 Å². The summed E-state index contributed by atoms with van der Waals surface area (Å²) >= 11 is 0. The monoisotopic (exact) mass is 280 g/mol. The maximum atomic E-state index is 11.8. The van der Waals surface area contributed by atoms with E-state index >= 15 is 0 Å². The van der Waals surface area contributed by atoms with Crippen LogP contribution in [-0.4, -0.2) is 12.1 Å². The first kappa shape index (κ1) is 15.9. The normalized spacial score (nSPS) is 34.8. The summed E-state index contributed by atoms with van der Waals surface area (Å²) in [5.74, 6) is 2.13. The molecule has 2 aliphatic rings. The Morgan fingerprint density at radius 3 is 2.10 bits per heavy atom. The fourth-order valence-electron chi connectivity index (χ4n) is 4.04. The number of carbonyl (C=O) groups excluding carboxylic acids is 1. The molecule has 20 heavy (non-hydrogen) atoms. The van der Waals surface area contributed by atoms with Gasteiger partial charge < -0.3 is 4.74 Å². The van der Waals surface area contributed by atoms with Gasteiger partial charge in [0.1, 0.15) is 6.10 Å². The number of ether oxygens (including phenoxy) is 1. The van der Waals surface area contributed by atoms with Crippen LogP contribution >= 0.6 is 0 Å². The van der Waals surface area contributed by atoms with Crippen molar-refractivity contribution in [2.24, 2.45) is 17.8 Å². The van der Waals surface area contributed by atoms with E-state index in [1.165, 1.54) is 44.9 Å². The Balaban J connectivity index is 1.63. The van der Waals surface area contributed by atoms with Crippen molar-refractivity contribution in [1.82, 2.24) is 0 Å². The number of esters is 1. The van der Waals surface area contributed by atoms with Gasteiger partial charge in [0.15, 0.2) is 0 Å². The molecule has 2 heteroatoms. The number of carbonyl (C=O) groups is 1. The molecule has 0 spiro atoms. The molecule has 2 nitrogen and oxygen atoms in total. The fraction of sp³-hybridized carbons (Fsp3) is 0.944. The molecule has 0 amide bonds. The first-order valence-electron chi connectivity index (χ1n) is 8.93. The molecular formula is C18H32O2. The quantitative estimate of drug-likeness (QED) is 0.632. The van der Waals surface area contributed by atoms with Gasteiger partial charge >= 0.3 is 5.97 Å². The molecule has 1 saturated carbocycles. The largest absolute Gasteiger partial charge is 0.462 e. The topological polar surface area (TPSA) is 26.3 Å². The van der Waals surface area contributed by atoms with E-state index in [1.54, 1.807) is 0 Å². The SMILES string of the molecule is CCCC1CCC(CCC2CCC(CC)C(=O)O2)CC1. The lowest BCUT2D eigenvalue weighted by Crippen LogP contribution is -2.31. The third-order valence-corrected chi connectivity index (χ3v) is 5.51. The standard InChI is InChI=1S/C18H32O2/c1-3-5-14-6-8-15(9-7-14)10-12-17-13-11-16(4-2)18(19)20-17/h14-17H,3-13H2,1-2H3. The Labute approximate surface area is 124 Å². The first-order chi connectivity index (χ1) is 9.72. The highest BCUT2D eigenvalue weighted by atomic mass is 16.5. The lowest BCUT2D eigenvalue weighted by Gasteiger charge is -2.31. The molecule has 0 N–H and O–H groups in total. The molecule has 2 fully saturated rings. The molecule has 0 radical (unpaired) electrons. The summed E-state index contributed by atoms with van der Waals surface area (Å²) in [6.45, 7) is 4.38. The summed E-state index contributed by atoms with van der Waals surface area (Å²) in [4.78, 5) is 11.8. The molecule has 1 aliphatic heterocycles. The second kappa shape index (κ2) is 8.05. The van der Waals surface area contributed by atoms with Crippen LogP contribution in [0.25, 0.3) is 0 Å². The highest BCUT2D eigenvalue weighted by Gasteiger charge is 2.29. The van der Waals surface area contributed by atoms with Gasteiger partial charge in [-0.3, -0.25) is 4.79 Å². The molecule has 0 aromatic heterocycles. The van der Waals surface area contributed by atoms with Crippen LogP contribution in [0.5, 0.6) is 0 Å². The van der Waals surface area contributed by atoms with Crippen molar-refractivity contribution in [3.63, 3.8) is 0 Å². The van der Waals surface area contributed by atoms with Crippen molar-refractivity contribution >= 4 is 5.97 Å². The van der Waals surface area contributed by atoms with Gasteiger partial charge in [-0.1, -0.05) is 52.4 Å². The average molecular weight is 280 g/mol. The fourth-order valence-corrected chi connectivity index (χ4v) is 4.04. The number of hydrogen-bond donors (Lipinski definition) is 0. The van der Waals surface area contributed by atoms with E-state index in [9.17, 15) is 4.79 Å². The van der Waals surface area contributed by atoms with Crippen molar-refractivity contribution in [2.45, 2.75) is 90.6 Å². The summed E-state index contributed by atoms with van der Waals surface area (Å²) in [7, 11) is 0. The van der Waals surface area contributed by atoms with Gasteiger partial charge in [-0.25, -0.2) is 0 Å². The molecule has 2 rings (SSSR count). The van der Waals surface area contributed by atoms with Crippen LogP contribution in [0.3, 0.4) is 0 Å². The highest BCUT2D eigenvalue weighted by Crippen LogP contribution is 2.35. The van der Waals surface area contributed by atoms with Gasteiger partial charge in [-0.2, -0.15) is 0 Å².